The topological polar surface area (TPSA) is 60.0 Å². The molecule has 1 fully saturated rings. The Bertz CT molecular complexity index is 1420. The van der Waals surface area contributed by atoms with Crippen LogP contribution in [0.25, 0.3) is 5.57 Å². The monoisotopic (exact) mass is 570 g/mol. The van der Waals surface area contributed by atoms with E-state index in [9.17, 15) is 22.4 Å². The fourth-order valence-corrected chi connectivity index (χ4v) is 4.84. The van der Waals surface area contributed by atoms with E-state index in [0.717, 1.165) is 24.0 Å². The normalized spacial score (nSPS) is 15.0. The number of hydrogen-bond donors (Lipinski definition) is 1. The van der Waals surface area contributed by atoms with E-state index >= 15 is 0 Å². The third kappa shape index (κ3) is 6.82. The third-order valence-electron chi connectivity index (χ3n) is 7.08. The van der Waals surface area contributed by atoms with Gasteiger partial charge < -0.3 is 24.4 Å². The van der Waals surface area contributed by atoms with Crippen LogP contribution in [0.1, 0.15) is 30.4 Å². The third-order valence-corrected chi connectivity index (χ3v) is 7.08. The lowest BCUT2D eigenvalue weighted by atomic mass is 9.93. The van der Waals surface area contributed by atoms with E-state index in [1.807, 2.05) is 12.1 Å². The molecule has 3 aromatic rings. The van der Waals surface area contributed by atoms with E-state index in [2.05, 4.69) is 5.32 Å². The van der Waals surface area contributed by atoms with Gasteiger partial charge in [-0.25, -0.2) is 17.6 Å². The largest absolute Gasteiger partial charge is 0.497 e. The highest BCUT2D eigenvalue weighted by Crippen LogP contribution is 2.34. The lowest BCUT2D eigenvalue weighted by Crippen LogP contribution is -2.39. The van der Waals surface area contributed by atoms with Crippen LogP contribution < -0.4 is 19.5 Å². The second kappa shape index (κ2) is 12.6. The summed E-state index contributed by atoms with van der Waals surface area (Å²) in [6.45, 7) is 1.13. The molecule has 3 aromatic carbocycles. The zero-order valence-electron chi connectivity index (χ0n) is 22.5. The van der Waals surface area contributed by atoms with Gasteiger partial charge in [-0.05, 0) is 67.3 Å². The average Bonchev–Trinajstić information content (AvgIpc) is 3.81. The first-order chi connectivity index (χ1) is 19.8. The Morgan fingerprint density at radius 3 is 2.27 bits per heavy atom. The van der Waals surface area contributed by atoms with Crippen molar-refractivity contribution in [1.29, 1.82) is 0 Å². The minimum absolute atomic E-state index is 0.00311. The molecule has 6 nitrogen and oxygen atoms in total. The maximum absolute atomic E-state index is 14.6. The first kappa shape index (κ1) is 28.5. The van der Waals surface area contributed by atoms with Crippen LogP contribution in [0.5, 0.6) is 17.2 Å². The predicted octanol–water partition coefficient (Wildman–Crippen LogP) is 5.65. The van der Waals surface area contributed by atoms with Crippen molar-refractivity contribution in [3.05, 3.63) is 94.6 Å². The van der Waals surface area contributed by atoms with Gasteiger partial charge in [0.15, 0.2) is 17.4 Å². The molecule has 0 atom stereocenters. The first-order valence-corrected chi connectivity index (χ1v) is 13.4. The number of carbonyl (C=O) groups is 1. The highest BCUT2D eigenvalue weighted by molar-refractivity contribution is 6.02. The minimum Gasteiger partial charge on any atom is -0.497 e. The molecule has 1 aliphatic heterocycles. The quantitative estimate of drug-likeness (QED) is 0.239. The van der Waals surface area contributed by atoms with Crippen LogP contribution >= 0.6 is 0 Å². The number of methoxy groups -OCH3 is 1. The van der Waals surface area contributed by atoms with E-state index in [4.69, 9.17) is 14.2 Å². The van der Waals surface area contributed by atoms with Gasteiger partial charge in [0, 0.05) is 42.4 Å². The SMILES string of the molecule is COc1ccc(F)c(CN(C(=O)C2=C(c3ccc(OCCOc4c(F)cc(F)cc4F)cc3)CCNC2)C2CC2)c1. The van der Waals surface area contributed by atoms with Crippen LogP contribution in [0.2, 0.25) is 0 Å². The summed E-state index contributed by atoms with van der Waals surface area (Å²) in [6, 6.07) is 12.9. The predicted molar refractivity (Wildman–Crippen MR) is 145 cm³/mol. The van der Waals surface area contributed by atoms with E-state index in [-0.39, 0.29) is 37.5 Å². The summed E-state index contributed by atoms with van der Waals surface area (Å²) in [7, 11) is 1.52. The second-order valence-electron chi connectivity index (χ2n) is 9.93. The number of nitrogens with one attached hydrogen (secondary N) is 1. The maximum atomic E-state index is 14.6. The molecule has 1 aliphatic carbocycles. The Morgan fingerprint density at radius 2 is 1.59 bits per heavy atom. The van der Waals surface area contributed by atoms with Crippen molar-refractivity contribution in [2.24, 2.45) is 0 Å². The second-order valence-corrected chi connectivity index (χ2v) is 9.93. The zero-order valence-corrected chi connectivity index (χ0v) is 22.5. The number of carbonyl (C=O) groups excluding carboxylic acids is 1. The van der Waals surface area contributed by atoms with Crippen LogP contribution in [0, 0.1) is 23.3 Å². The molecule has 5 rings (SSSR count). The minimum atomic E-state index is -1.12. The molecule has 41 heavy (non-hydrogen) atoms. The van der Waals surface area contributed by atoms with Crippen molar-refractivity contribution in [1.82, 2.24) is 10.2 Å². The van der Waals surface area contributed by atoms with Crippen LogP contribution in [0.4, 0.5) is 17.6 Å². The highest BCUT2D eigenvalue weighted by atomic mass is 19.1. The molecular weight excluding hydrogens is 540 g/mol. The van der Waals surface area contributed by atoms with Gasteiger partial charge in [-0.15, -0.1) is 0 Å². The Balaban J connectivity index is 1.26. The van der Waals surface area contributed by atoms with Crippen LogP contribution in [0.15, 0.2) is 60.2 Å². The van der Waals surface area contributed by atoms with Gasteiger partial charge in [0.05, 0.1) is 7.11 Å². The first-order valence-electron chi connectivity index (χ1n) is 13.4. The number of rotatable bonds is 11. The Kier molecular flexibility index (Phi) is 8.78. The Hall–Kier alpha value is -4.05. The van der Waals surface area contributed by atoms with E-state index in [1.165, 1.54) is 13.2 Å². The smallest absolute Gasteiger partial charge is 0.251 e. The summed E-state index contributed by atoms with van der Waals surface area (Å²) in [6.07, 6.45) is 2.41. The number of halogens is 4. The standard InChI is InChI=1S/C31H30F4N2O4/c1-39-24-8-9-27(33)20(14-24)18-37(22-4-5-22)31(38)26-17-36-11-10-25(26)19-2-6-23(7-3-19)40-12-13-41-30-28(34)15-21(32)16-29(30)35/h2-3,6-9,14-16,22,36H,4-5,10-13,17-18H2,1H3. The van der Waals surface area contributed by atoms with Crippen molar-refractivity contribution in [2.75, 3.05) is 33.4 Å². The highest BCUT2D eigenvalue weighted by Gasteiger charge is 2.36. The summed E-state index contributed by atoms with van der Waals surface area (Å²) in [4.78, 5) is 15.6. The summed E-state index contributed by atoms with van der Waals surface area (Å²) in [5.74, 6) is -3.38. The van der Waals surface area contributed by atoms with Gasteiger partial charge >= 0.3 is 0 Å². The molecule has 0 bridgehead atoms. The molecule has 1 amide bonds. The van der Waals surface area contributed by atoms with Gasteiger partial charge in [-0.3, -0.25) is 4.79 Å². The van der Waals surface area contributed by atoms with Gasteiger partial charge in [-0.1, -0.05) is 12.1 Å². The summed E-state index contributed by atoms with van der Waals surface area (Å²) >= 11 is 0. The van der Waals surface area contributed by atoms with Crippen LogP contribution in [-0.2, 0) is 11.3 Å². The molecule has 0 aromatic heterocycles. The zero-order chi connectivity index (χ0) is 28.9. The van der Waals surface area contributed by atoms with Crippen molar-refractivity contribution in [3.63, 3.8) is 0 Å². The molecule has 1 saturated carbocycles. The summed E-state index contributed by atoms with van der Waals surface area (Å²) in [5, 5.41) is 3.28. The van der Waals surface area contributed by atoms with Crippen molar-refractivity contribution in [3.8, 4) is 17.2 Å². The van der Waals surface area contributed by atoms with Gasteiger partial charge in [0.1, 0.15) is 36.3 Å². The molecule has 10 heteroatoms. The van der Waals surface area contributed by atoms with Gasteiger partial charge in [0.25, 0.3) is 5.91 Å². The lowest BCUT2D eigenvalue weighted by Gasteiger charge is -2.28. The van der Waals surface area contributed by atoms with E-state index in [0.29, 0.717) is 54.3 Å². The maximum Gasteiger partial charge on any atom is 0.251 e. The fourth-order valence-electron chi connectivity index (χ4n) is 4.84. The van der Waals surface area contributed by atoms with Crippen molar-refractivity contribution >= 4 is 11.5 Å². The Morgan fingerprint density at radius 1 is 0.902 bits per heavy atom. The molecule has 1 heterocycles. The van der Waals surface area contributed by atoms with Crippen LogP contribution in [-0.4, -0.2) is 50.3 Å². The molecule has 0 radical (unpaired) electrons. The number of benzene rings is 3. The number of amides is 1. The van der Waals surface area contributed by atoms with Crippen molar-refractivity contribution < 1.29 is 36.6 Å². The molecule has 2 aliphatic rings. The molecule has 1 N–H and O–H groups in total. The average molecular weight is 571 g/mol. The van der Waals surface area contributed by atoms with Gasteiger partial charge in [-0.2, -0.15) is 0 Å². The van der Waals surface area contributed by atoms with Gasteiger partial charge in [0.2, 0.25) is 0 Å². The Labute approximate surface area is 235 Å². The molecular formula is C31H30F4N2O4. The molecule has 0 spiro atoms. The van der Waals surface area contributed by atoms with E-state index < -0.39 is 23.2 Å². The molecule has 0 saturated heterocycles. The summed E-state index contributed by atoms with van der Waals surface area (Å²) < 4.78 is 71.1. The number of hydrogen-bond acceptors (Lipinski definition) is 5. The van der Waals surface area contributed by atoms with E-state index in [1.54, 1.807) is 29.2 Å². The number of ether oxygens (including phenoxy) is 3. The fraction of sp³-hybridized carbons (Fsp3) is 0.323. The lowest BCUT2D eigenvalue weighted by molar-refractivity contribution is -0.128. The van der Waals surface area contributed by atoms with Crippen LogP contribution in [0.3, 0.4) is 0 Å². The van der Waals surface area contributed by atoms with Crippen molar-refractivity contribution in [2.45, 2.75) is 31.8 Å². The molecule has 216 valence electrons. The number of nitrogens with zero attached hydrogens (tertiary/aromatic N) is 1. The summed E-state index contributed by atoms with van der Waals surface area (Å²) in [5.41, 5.74) is 2.85. The molecule has 0 unspecified atom stereocenters.